The molecule has 100 valence electrons. The monoisotopic (exact) mass is 254 g/mol. The second kappa shape index (κ2) is 4.28. The number of nitrogens with one attached hydrogen (secondary N) is 1. The van der Waals surface area contributed by atoms with Gasteiger partial charge >= 0.3 is 6.09 Å². The largest absolute Gasteiger partial charge is 0.444 e. The maximum Gasteiger partial charge on any atom is 0.414 e. The molecule has 1 aliphatic carbocycles. The third kappa shape index (κ3) is 2.81. The fourth-order valence-corrected chi connectivity index (χ4v) is 1.63. The molecule has 0 atom stereocenters. The van der Waals surface area contributed by atoms with Crippen LogP contribution in [-0.2, 0) is 10.2 Å². The van der Waals surface area contributed by atoms with E-state index in [0.717, 1.165) is 12.8 Å². The van der Waals surface area contributed by atoms with E-state index in [1.165, 1.54) is 0 Å². The minimum atomic E-state index is -0.584. The van der Waals surface area contributed by atoms with Crippen molar-refractivity contribution in [3.8, 4) is 0 Å². The zero-order valence-electron chi connectivity index (χ0n) is 10.8. The lowest BCUT2D eigenvalue weighted by Gasteiger charge is -2.18. The van der Waals surface area contributed by atoms with E-state index in [1.807, 2.05) is 0 Å². The second-order valence-electron chi connectivity index (χ2n) is 5.64. The van der Waals surface area contributed by atoms with Gasteiger partial charge in [-0.1, -0.05) is 5.16 Å². The first-order chi connectivity index (χ1) is 8.35. The number of nitrogens with zero attached hydrogens (tertiary/aromatic N) is 1. The van der Waals surface area contributed by atoms with E-state index in [2.05, 4.69) is 10.5 Å². The van der Waals surface area contributed by atoms with Crippen molar-refractivity contribution in [2.45, 2.75) is 44.6 Å². The van der Waals surface area contributed by atoms with Crippen molar-refractivity contribution in [3.63, 3.8) is 0 Å². The van der Waals surface area contributed by atoms with Crippen LogP contribution in [0.1, 0.15) is 39.3 Å². The van der Waals surface area contributed by atoms with Gasteiger partial charge in [0.05, 0.1) is 12.3 Å². The van der Waals surface area contributed by atoms with Crippen LogP contribution in [0.4, 0.5) is 10.7 Å². The Morgan fingerprint density at radius 2 is 2.28 bits per heavy atom. The van der Waals surface area contributed by atoms with Gasteiger partial charge in [0.25, 0.3) is 0 Å². The summed E-state index contributed by atoms with van der Waals surface area (Å²) >= 11 is 0. The molecule has 1 aliphatic rings. The molecule has 18 heavy (non-hydrogen) atoms. The Kier molecular flexibility index (Phi) is 3.06. The van der Waals surface area contributed by atoms with Crippen molar-refractivity contribution < 1.29 is 19.2 Å². The summed E-state index contributed by atoms with van der Waals surface area (Å²) in [5, 5.41) is 15.6. The van der Waals surface area contributed by atoms with Gasteiger partial charge in [-0.05, 0) is 33.6 Å². The van der Waals surface area contributed by atoms with Gasteiger partial charge in [-0.3, -0.25) is 5.32 Å². The highest BCUT2D eigenvalue weighted by Gasteiger charge is 2.46. The van der Waals surface area contributed by atoms with Crippen molar-refractivity contribution in [1.29, 1.82) is 0 Å². The number of hydrogen-bond acceptors (Lipinski definition) is 5. The number of carbonyl (C=O) groups is 1. The number of aliphatic hydroxyl groups excluding tert-OH is 1. The SMILES string of the molecule is CC(C)(C)OC(=O)Nc1cc(C2(CO)CC2)no1. The fourth-order valence-electron chi connectivity index (χ4n) is 1.63. The molecule has 2 rings (SSSR count). The molecule has 1 aromatic rings. The van der Waals surface area contributed by atoms with Gasteiger partial charge in [0.15, 0.2) is 0 Å². The molecule has 1 heterocycles. The van der Waals surface area contributed by atoms with Gasteiger partial charge in [0.1, 0.15) is 5.60 Å². The minimum Gasteiger partial charge on any atom is -0.444 e. The van der Waals surface area contributed by atoms with Crippen LogP contribution in [0.15, 0.2) is 10.6 Å². The number of amides is 1. The van der Waals surface area contributed by atoms with Crippen LogP contribution in [0, 0.1) is 0 Å². The molecular formula is C12H18N2O4. The number of ether oxygens (including phenoxy) is 1. The first-order valence-electron chi connectivity index (χ1n) is 5.93. The summed E-state index contributed by atoms with van der Waals surface area (Å²) in [7, 11) is 0. The van der Waals surface area contributed by atoms with Gasteiger partial charge in [-0.25, -0.2) is 4.79 Å². The molecule has 0 bridgehead atoms. The van der Waals surface area contributed by atoms with Crippen LogP contribution in [-0.4, -0.2) is 28.6 Å². The molecule has 0 aromatic carbocycles. The third-order valence-electron chi connectivity index (χ3n) is 2.83. The lowest BCUT2D eigenvalue weighted by atomic mass is 10.0. The number of hydrogen-bond donors (Lipinski definition) is 2. The molecule has 1 amide bonds. The first kappa shape index (κ1) is 12.9. The van der Waals surface area contributed by atoms with E-state index in [1.54, 1.807) is 26.8 Å². The molecule has 2 N–H and O–H groups in total. The summed E-state index contributed by atoms with van der Waals surface area (Å²) < 4.78 is 10.1. The number of rotatable bonds is 3. The second-order valence-corrected chi connectivity index (χ2v) is 5.64. The lowest BCUT2D eigenvalue weighted by molar-refractivity contribution is 0.0631. The quantitative estimate of drug-likeness (QED) is 0.862. The molecule has 6 heteroatoms. The smallest absolute Gasteiger partial charge is 0.414 e. The highest BCUT2D eigenvalue weighted by Crippen LogP contribution is 2.47. The van der Waals surface area contributed by atoms with Gasteiger partial charge in [0.2, 0.25) is 5.88 Å². The topological polar surface area (TPSA) is 84.6 Å². The Hall–Kier alpha value is -1.56. The Morgan fingerprint density at radius 1 is 1.61 bits per heavy atom. The standard InChI is InChI=1S/C12H18N2O4/c1-11(2,3)17-10(16)13-9-6-8(14-18-9)12(7-15)4-5-12/h6,15H,4-5,7H2,1-3H3,(H,13,16). The molecule has 0 spiro atoms. The predicted octanol–water partition coefficient (Wildman–Crippen LogP) is 2.05. The molecule has 6 nitrogen and oxygen atoms in total. The maximum atomic E-state index is 11.5. The normalized spacial score (nSPS) is 17.3. The lowest BCUT2D eigenvalue weighted by Crippen LogP contribution is -2.27. The van der Waals surface area contributed by atoms with Crippen molar-refractivity contribution in [2.24, 2.45) is 0 Å². The highest BCUT2D eigenvalue weighted by atomic mass is 16.6. The summed E-state index contributed by atoms with van der Waals surface area (Å²) in [6.45, 7) is 5.39. The Balaban J connectivity index is 1.97. The van der Waals surface area contributed by atoms with Crippen LogP contribution < -0.4 is 5.32 Å². The third-order valence-corrected chi connectivity index (χ3v) is 2.83. The van der Waals surface area contributed by atoms with E-state index in [0.29, 0.717) is 5.69 Å². The number of anilines is 1. The van der Waals surface area contributed by atoms with Crippen molar-refractivity contribution >= 4 is 12.0 Å². The van der Waals surface area contributed by atoms with Gasteiger partial charge in [-0.15, -0.1) is 0 Å². The van der Waals surface area contributed by atoms with Gasteiger partial charge in [0, 0.05) is 11.5 Å². The van der Waals surface area contributed by atoms with Crippen molar-refractivity contribution in [1.82, 2.24) is 5.16 Å². The van der Waals surface area contributed by atoms with E-state index >= 15 is 0 Å². The average Bonchev–Trinajstić information content (AvgIpc) is 2.91. The van der Waals surface area contributed by atoms with E-state index in [9.17, 15) is 9.90 Å². The molecule has 0 radical (unpaired) electrons. The molecule has 0 unspecified atom stereocenters. The number of carbonyl (C=O) groups excluding carboxylic acids is 1. The summed E-state index contributed by atoms with van der Waals surface area (Å²) in [6.07, 6.45) is 1.20. The zero-order valence-corrected chi connectivity index (χ0v) is 10.8. The van der Waals surface area contributed by atoms with Crippen molar-refractivity contribution in [2.75, 3.05) is 11.9 Å². The molecule has 0 saturated heterocycles. The fraction of sp³-hybridized carbons (Fsp3) is 0.667. The Labute approximate surface area is 105 Å². The maximum absolute atomic E-state index is 11.5. The van der Waals surface area contributed by atoms with E-state index in [-0.39, 0.29) is 17.9 Å². The van der Waals surface area contributed by atoms with Crippen LogP contribution >= 0.6 is 0 Å². The van der Waals surface area contributed by atoms with Crippen LogP contribution in [0.2, 0.25) is 0 Å². The molecule has 1 aromatic heterocycles. The van der Waals surface area contributed by atoms with Gasteiger partial charge < -0.3 is 14.4 Å². The van der Waals surface area contributed by atoms with E-state index < -0.39 is 11.7 Å². The zero-order chi connectivity index (χ0) is 13.4. The highest BCUT2D eigenvalue weighted by molar-refractivity contribution is 5.83. The molecular weight excluding hydrogens is 236 g/mol. The summed E-state index contributed by atoms with van der Waals surface area (Å²) in [6, 6.07) is 1.63. The molecule has 1 fully saturated rings. The van der Waals surface area contributed by atoms with Crippen LogP contribution in [0.5, 0.6) is 0 Å². The predicted molar refractivity (Wildman–Crippen MR) is 64.4 cm³/mol. The van der Waals surface area contributed by atoms with Crippen LogP contribution in [0.25, 0.3) is 0 Å². The van der Waals surface area contributed by atoms with Crippen molar-refractivity contribution in [3.05, 3.63) is 11.8 Å². The van der Waals surface area contributed by atoms with Gasteiger partial charge in [-0.2, -0.15) is 0 Å². The summed E-state index contributed by atoms with van der Waals surface area (Å²) in [4.78, 5) is 11.5. The first-order valence-corrected chi connectivity index (χ1v) is 5.93. The Bertz CT molecular complexity index is 443. The molecule has 1 saturated carbocycles. The number of aliphatic hydroxyl groups is 1. The summed E-state index contributed by atoms with van der Waals surface area (Å²) in [5.74, 6) is 0.235. The van der Waals surface area contributed by atoms with Crippen LogP contribution in [0.3, 0.4) is 0 Å². The minimum absolute atomic E-state index is 0.0470. The molecule has 0 aliphatic heterocycles. The average molecular weight is 254 g/mol. The Morgan fingerprint density at radius 3 is 2.78 bits per heavy atom. The van der Waals surface area contributed by atoms with E-state index in [4.69, 9.17) is 9.26 Å². The number of aromatic nitrogens is 1. The summed E-state index contributed by atoms with van der Waals surface area (Å²) in [5.41, 5.74) is -0.149.